The number of hydrogen-bond donors (Lipinski definition) is 2. The second kappa shape index (κ2) is 6.61. The van der Waals surface area contributed by atoms with Gasteiger partial charge in [-0.05, 0) is 39.0 Å². The van der Waals surface area contributed by atoms with Crippen LogP contribution < -0.4 is 10.6 Å². The van der Waals surface area contributed by atoms with Crippen LogP contribution in [0.2, 0.25) is 5.02 Å². The Morgan fingerprint density at radius 2 is 2.00 bits per heavy atom. The van der Waals surface area contributed by atoms with Crippen LogP contribution in [-0.2, 0) is 4.74 Å². The van der Waals surface area contributed by atoms with E-state index in [9.17, 15) is 9.18 Å². The van der Waals surface area contributed by atoms with Gasteiger partial charge in [-0.2, -0.15) is 0 Å². The molecule has 0 aliphatic carbocycles. The van der Waals surface area contributed by atoms with Gasteiger partial charge in [-0.1, -0.05) is 11.6 Å². The molecule has 0 fully saturated rings. The van der Waals surface area contributed by atoms with Gasteiger partial charge < -0.3 is 15.4 Å². The molecule has 106 valence electrons. The van der Waals surface area contributed by atoms with E-state index in [2.05, 4.69) is 10.6 Å². The van der Waals surface area contributed by atoms with Gasteiger partial charge in [0.05, 0.1) is 0 Å². The van der Waals surface area contributed by atoms with Crippen molar-refractivity contribution in [2.24, 2.45) is 0 Å². The molecule has 0 aliphatic rings. The van der Waals surface area contributed by atoms with Gasteiger partial charge >= 0.3 is 6.09 Å². The maximum atomic E-state index is 13.0. The van der Waals surface area contributed by atoms with Crippen molar-refractivity contribution in [3.05, 3.63) is 29.0 Å². The summed E-state index contributed by atoms with van der Waals surface area (Å²) in [7, 11) is 0. The van der Waals surface area contributed by atoms with Crippen molar-refractivity contribution in [1.29, 1.82) is 0 Å². The molecular formula is C13H18ClFN2O2. The Bertz CT molecular complexity index is 427. The zero-order chi connectivity index (χ0) is 14.5. The highest BCUT2D eigenvalue weighted by Gasteiger charge is 2.15. The highest BCUT2D eigenvalue weighted by molar-refractivity contribution is 6.30. The molecule has 1 amide bonds. The minimum absolute atomic E-state index is 0.322. The summed E-state index contributed by atoms with van der Waals surface area (Å²) in [6.45, 7) is 6.18. The number of amides is 1. The predicted molar refractivity (Wildman–Crippen MR) is 74.1 cm³/mol. The molecular weight excluding hydrogens is 271 g/mol. The van der Waals surface area contributed by atoms with E-state index >= 15 is 0 Å². The third-order valence-electron chi connectivity index (χ3n) is 1.98. The van der Waals surface area contributed by atoms with Crippen molar-refractivity contribution in [2.75, 3.05) is 18.4 Å². The standard InChI is InChI=1S/C13H18ClFN2O2/c1-13(2,3)19-12(18)17-5-4-16-11-7-9(14)6-10(15)8-11/h6-8,16H,4-5H2,1-3H3,(H,17,18). The molecule has 0 radical (unpaired) electrons. The molecule has 0 aliphatic heterocycles. The summed E-state index contributed by atoms with van der Waals surface area (Å²) in [6.07, 6.45) is -0.480. The molecule has 0 aromatic heterocycles. The van der Waals surface area contributed by atoms with Crippen molar-refractivity contribution < 1.29 is 13.9 Å². The number of benzene rings is 1. The first-order valence-electron chi connectivity index (χ1n) is 5.93. The molecule has 1 aromatic carbocycles. The Hall–Kier alpha value is -1.49. The molecule has 0 heterocycles. The van der Waals surface area contributed by atoms with Crippen LogP contribution in [0.4, 0.5) is 14.9 Å². The van der Waals surface area contributed by atoms with Crippen molar-refractivity contribution in [2.45, 2.75) is 26.4 Å². The minimum Gasteiger partial charge on any atom is -0.444 e. The molecule has 0 unspecified atom stereocenters. The number of rotatable bonds is 4. The van der Waals surface area contributed by atoms with Gasteiger partial charge in [-0.15, -0.1) is 0 Å². The quantitative estimate of drug-likeness (QED) is 0.835. The molecule has 2 N–H and O–H groups in total. The first-order valence-corrected chi connectivity index (χ1v) is 6.31. The van der Waals surface area contributed by atoms with Crippen molar-refractivity contribution in [3.63, 3.8) is 0 Å². The number of carbonyl (C=O) groups excluding carboxylic acids is 1. The first-order chi connectivity index (χ1) is 8.76. The molecule has 0 saturated heterocycles. The van der Waals surface area contributed by atoms with E-state index in [4.69, 9.17) is 16.3 Å². The summed E-state index contributed by atoms with van der Waals surface area (Å²) in [6, 6.07) is 4.17. The number of carbonyl (C=O) groups is 1. The normalized spacial score (nSPS) is 11.0. The highest BCUT2D eigenvalue weighted by Crippen LogP contribution is 2.17. The van der Waals surface area contributed by atoms with Crippen LogP contribution in [0.15, 0.2) is 18.2 Å². The molecule has 1 rings (SSSR count). The van der Waals surface area contributed by atoms with Gasteiger partial charge in [0.15, 0.2) is 0 Å². The zero-order valence-electron chi connectivity index (χ0n) is 11.2. The van der Waals surface area contributed by atoms with E-state index in [-0.39, 0.29) is 0 Å². The van der Waals surface area contributed by atoms with Gasteiger partial charge in [-0.25, -0.2) is 9.18 Å². The predicted octanol–water partition coefficient (Wildman–Crippen LogP) is 3.42. The number of anilines is 1. The van der Waals surface area contributed by atoms with Crippen LogP contribution in [0, 0.1) is 5.82 Å². The number of halogens is 2. The fourth-order valence-corrected chi connectivity index (χ4v) is 1.56. The smallest absolute Gasteiger partial charge is 0.407 e. The molecule has 0 spiro atoms. The van der Waals surface area contributed by atoms with Gasteiger partial charge in [0.2, 0.25) is 0 Å². The van der Waals surface area contributed by atoms with Crippen LogP contribution in [0.25, 0.3) is 0 Å². The van der Waals surface area contributed by atoms with Crippen LogP contribution in [0.3, 0.4) is 0 Å². The molecule has 1 aromatic rings. The molecule has 0 atom stereocenters. The van der Waals surface area contributed by atoms with Gasteiger partial charge in [-0.3, -0.25) is 0 Å². The first kappa shape index (κ1) is 15.6. The van der Waals surface area contributed by atoms with Crippen molar-refractivity contribution in [1.82, 2.24) is 5.32 Å². The fraction of sp³-hybridized carbons (Fsp3) is 0.462. The average molecular weight is 289 g/mol. The van der Waals surface area contributed by atoms with Crippen LogP contribution in [0.1, 0.15) is 20.8 Å². The highest BCUT2D eigenvalue weighted by atomic mass is 35.5. The Labute approximate surface area is 117 Å². The second-order valence-electron chi connectivity index (χ2n) is 5.01. The minimum atomic E-state index is -0.520. The lowest BCUT2D eigenvalue weighted by molar-refractivity contribution is 0.0530. The lowest BCUT2D eigenvalue weighted by atomic mass is 10.2. The molecule has 0 saturated carbocycles. The Morgan fingerprint density at radius 1 is 1.32 bits per heavy atom. The Morgan fingerprint density at radius 3 is 2.58 bits per heavy atom. The molecule has 19 heavy (non-hydrogen) atoms. The molecule has 0 bridgehead atoms. The van der Waals surface area contributed by atoms with Crippen molar-refractivity contribution >= 4 is 23.4 Å². The van der Waals surface area contributed by atoms with Gasteiger partial charge in [0.1, 0.15) is 11.4 Å². The monoisotopic (exact) mass is 288 g/mol. The summed E-state index contributed by atoms with van der Waals surface area (Å²) in [5.41, 5.74) is 0.0455. The van der Waals surface area contributed by atoms with E-state index in [0.717, 1.165) is 0 Å². The van der Waals surface area contributed by atoms with E-state index in [0.29, 0.717) is 23.8 Å². The Balaban J connectivity index is 2.29. The number of nitrogens with one attached hydrogen (secondary N) is 2. The summed E-state index contributed by atoms with van der Waals surface area (Å²) >= 11 is 5.72. The van der Waals surface area contributed by atoms with Crippen LogP contribution in [0.5, 0.6) is 0 Å². The number of alkyl carbamates (subject to hydrolysis) is 1. The third kappa shape index (κ3) is 6.86. The zero-order valence-corrected chi connectivity index (χ0v) is 12.0. The maximum absolute atomic E-state index is 13.0. The number of ether oxygens (including phenoxy) is 1. The van der Waals surface area contributed by atoms with E-state index < -0.39 is 17.5 Å². The average Bonchev–Trinajstić information content (AvgIpc) is 2.20. The summed E-state index contributed by atoms with van der Waals surface area (Å²) < 4.78 is 18.1. The fourth-order valence-electron chi connectivity index (χ4n) is 1.34. The van der Waals surface area contributed by atoms with E-state index in [1.165, 1.54) is 12.1 Å². The summed E-state index contributed by atoms with van der Waals surface area (Å²) in [5.74, 6) is -0.407. The van der Waals surface area contributed by atoms with Crippen molar-refractivity contribution in [3.8, 4) is 0 Å². The van der Waals surface area contributed by atoms with E-state index in [1.54, 1.807) is 26.8 Å². The lowest BCUT2D eigenvalue weighted by Crippen LogP contribution is -2.35. The molecule has 6 heteroatoms. The lowest BCUT2D eigenvalue weighted by Gasteiger charge is -2.19. The maximum Gasteiger partial charge on any atom is 0.407 e. The van der Waals surface area contributed by atoms with Crippen LogP contribution >= 0.6 is 11.6 Å². The Kier molecular flexibility index (Phi) is 5.42. The largest absolute Gasteiger partial charge is 0.444 e. The van der Waals surface area contributed by atoms with Gasteiger partial charge in [0.25, 0.3) is 0 Å². The third-order valence-corrected chi connectivity index (χ3v) is 2.20. The van der Waals surface area contributed by atoms with Crippen LogP contribution in [-0.4, -0.2) is 24.8 Å². The summed E-state index contributed by atoms with van der Waals surface area (Å²) in [5, 5.41) is 5.86. The molecule has 4 nitrogen and oxygen atoms in total. The summed E-state index contributed by atoms with van der Waals surface area (Å²) in [4.78, 5) is 11.3. The topological polar surface area (TPSA) is 50.4 Å². The number of hydrogen-bond acceptors (Lipinski definition) is 3. The second-order valence-corrected chi connectivity index (χ2v) is 5.45. The SMILES string of the molecule is CC(C)(C)OC(=O)NCCNc1cc(F)cc(Cl)c1. The van der Waals surface area contributed by atoms with Gasteiger partial charge in [0, 0.05) is 23.8 Å². The van der Waals surface area contributed by atoms with E-state index in [1.807, 2.05) is 0 Å².